The van der Waals surface area contributed by atoms with E-state index in [1.54, 1.807) is 0 Å². The summed E-state index contributed by atoms with van der Waals surface area (Å²) in [5, 5.41) is 21.3. The van der Waals surface area contributed by atoms with E-state index in [2.05, 4.69) is 34.6 Å². The summed E-state index contributed by atoms with van der Waals surface area (Å²) in [7, 11) is 0. The average molecular weight is 487 g/mol. The second-order valence-electron chi connectivity index (χ2n) is 15.3. The maximum Gasteiger partial charge on any atom is 0.167 e. The van der Waals surface area contributed by atoms with Gasteiger partial charge in [0.2, 0.25) is 0 Å². The van der Waals surface area contributed by atoms with Crippen LogP contribution in [0.5, 0.6) is 0 Å². The molecule has 0 spiro atoms. The van der Waals surface area contributed by atoms with Crippen molar-refractivity contribution in [2.24, 2.45) is 44.8 Å². The molecule has 0 saturated heterocycles. The Morgan fingerprint density at radius 1 is 0.771 bits per heavy atom. The van der Waals surface area contributed by atoms with Crippen molar-refractivity contribution >= 4 is 11.6 Å². The van der Waals surface area contributed by atoms with E-state index in [4.69, 9.17) is 0 Å². The van der Waals surface area contributed by atoms with Gasteiger partial charge in [-0.25, -0.2) is 0 Å². The Bertz CT molecular complexity index is 926. The quantitative estimate of drug-likeness (QED) is 0.281. The van der Waals surface area contributed by atoms with Gasteiger partial charge in [0.1, 0.15) is 5.78 Å². The van der Waals surface area contributed by atoms with Crippen LogP contribution in [0.1, 0.15) is 120 Å². The summed E-state index contributed by atoms with van der Waals surface area (Å²) in [6.07, 6.45) is 9.44. The molecule has 0 aromatic heterocycles. The number of carbonyl (C=O) groups excluding carboxylic acids is 2. The fourth-order valence-electron chi connectivity index (χ4n) is 9.62. The predicted octanol–water partition coefficient (Wildman–Crippen LogP) is 7.19. The van der Waals surface area contributed by atoms with Crippen LogP contribution in [0.4, 0.5) is 0 Å². The maximum absolute atomic E-state index is 14.1. The first-order chi connectivity index (χ1) is 15.9. The van der Waals surface area contributed by atoms with E-state index in [-0.39, 0.29) is 45.2 Å². The Morgan fingerprint density at radius 3 is 2.03 bits per heavy atom. The van der Waals surface area contributed by atoms with Crippen molar-refractivity contribution in [2.75, 3.05) is 0 Å². The summed E-state index contributed by atoms with van der Waals surface area (Å²) in [6, 6.07) is 0. The molecule has 4 aliphatic carbocycles. The molecule has 0 bridgehead atoms. The summed E-state index contributed by atoms with van der Waals surface area (Å²) in [4.78, 5) is 27.3. The third-order valence-corrected chi connectivity index (χ3v) is 12.3. The fourth-order valence-corrected chi connectivity index (χ4v) is 9.62. The third kappa shape index (κ3) is 3.96. The Morgan fingerprint density at radius 2 is 1.40 bits per heavy atom. The van der Waals surface area contributed by atoms with E-state index in [0.717, 1.165) is 57.6 Å². The molecule has 0 aromatic carbocycles. The Hall–Kier alpha value is -1.16. The first kappa shape index (κ1) is 26.9. The molecule has 0 amide bonds. The number of aliphatic hydroxyl groups is 2. The number of ketones is 2. The number of fused-ring (bicyclic) bond motifs is 5. The Labute approximate surface area is 213 Å². The Balaban J connectivity index is 1.81. The molecule has 4 nitrogen and oxygen atoms in total. The van der Waals surface area contributed by atoms with E-state index in [0.29, 0.717) is 24.2 Å². The number of carbonyl (C=O) groups is 2. The van der Waals surface area contributed by atoms with Crippen LogP contribution >= 0.6 is 0 Å². The van der Waals surface area contributed by atoms with Gasteiger partial charge < -0.3 is 10.2 Å². The number of allylic oxidation sites excluding steroid dienone is 1. The molecular weight excluding hydrogens is 436 g/mol. The topological polar surface area (TPSA) is 74.6 Å². The summed E-state index contributed by atoms with van der Waals surface area (Å²) >= 11 is 0. The van der Waals surface area contributed by atoms with Gasteiger partial charge in [-0.05, 0) is 98.2 Å². The minimum atomic E-state index is -0.721. The molecule has 4 aliphatic rings. The summed E-state index contributed by atoms with van der Waals surface area (Å²) < 4.78 is 0. The zero-order valence-electron chi connectivity index (χ0n) is 23.6. The van der Waals surface area contributed by atoms with Gasteiger partial charge in [0, 0.05) is 23.3 Å². The highest BCUT2D eigenvalue weighted by atomic mass is 16.3. The molecule has 4 saturated carbocycles. The van der Waals surface area contributed by atoms with Crippen LogP contribution in [0.3, 0.4) is 0 Å². The molecule has 1 unspecified atom stereocenters. The summed E-state index contributed by atoms with van der Waals surface area (Å²) in [5.74, 6) is 0.819. The standard InChI is InChI=1S/C31H50O4/c1-26(2)11-9-21-22(33)17-24-29(6)18-20(19-32)25(34)27(3,4)23(29)10-12-31(24,8)30(21,7)16-15-28(5,35)14-13-26/h19,21,23-24,32,35H,9-18H2,1-8H3/b20-19+/t21?,23-,24+,28-,29-,30+,31+/m0/s1. The van der Waals surface area contributed by atoms with Crippen LogP contribution in [-0.2, 0) is 9.59 Å². The number of aliphatic hydroxyl groups excluding tert-OH is 1. The monoisotopic (exact) mass is 486 g/mol. The van der Waals surface area contributed by atoms with Gasteiger partial charge in [0.25, 0.3) is 0 Å². The molecule has 198 valence electrons. The molecule has 4 fully saturated rings. The Kier molecular flexibility index (Phi) is 6.28. The molecular formula is C31H50O4. The normalized spacial score (nSPS) is 49.1. The van der Waals surface area contributed by atoms with Crippen molar-refractivity contribution in [1.82, 2.24) is 0 Å². The van der Waals surface area contributed by atoms with E-state index < -0.39 is 11.0 Å². The lowest BCUT2D eigenvalue weighted by Crippen LogP contribution is -2.66. The molecule has 0 aliphatic heterocycles. The van der Waals surface area contributed by atoms with Crippen LogP contribution in [-0.4, -0.2) is 27.4 Å². The molecule has 0 radical (unpaired) electrons. The van der Waals surface area contributed by atoms with Crippen LogP contribution in [0, 0.1) is 44.8 Å². The molecule has 4 rings (SSSR count). The van der Waals surface area contributed by atoms with E-state index >= 15 is 0 Å². The SMILES string of the molecule is CC1(C)CCC2C(=O)C[C@@H]3[C@@]4(C)C/C(=C\O)C(=O)C(C)(C)[C@@H]4CC[C@@]3(C)[C@]2(C)CC[C@@](C)(O)CC1. The molecule has 4 heteroatoms. The lowest BCUT2D eigenvalue weighted by atomic mass is 9.34. The number of Topliss-reactive ketones (excluding diaryl/α,β-unsaturated/α-hetero) is 2. The number of hydrogen-bond acceptors (Lipinski definition) is 4. The number of hydrogen-bond donors (Lipinski definition) is 2. The average Bonchev–Trinajstić information content (AvgIpc) is 2.75. The van der Waals surface area contributed by atoms with E-state index in [9.17, 15) is 19.8 Å². The highest BCUT2D eigenvalue weighted by molar-refractivity contribution is 6.00. The highest BCUT2D eigenvalue weighted by Crippen LogP contribution is 2.73. The van der Waals surface area contributed by atoms with Crippen LogP contribution in [0.25, 0.3) is 0 Å². The van der Waals surface area contributed by atoms with Crippen molar-refractivity contribution in [3.05, 3.63) is 11.8 Å². The van der Waals surface area contributed by atoms with Crippen molar-refractivity contribution in [3.63, 3.8) is 0 Å². The molecule has 0 heterocycles. The zero-order valence-corrected chi connectivity index (χ0v) is 23.6. The molecule has 7 atom stereocenters. The lowest BCUT2D eigenvalue weighted by Gasteiger charge is -2.69. The first-order valence-electron chi connectivity index (χ1n) is 14.1. The zero-order chi connectivity index (χ0) is 26.2. The smallest absolute Gasteiger partial charge is 0.167 e. The van der Waals surface area contributed by atoms with Crippen molar-refractivity contribution in [2.45, 2.75) is 125 Å². The van der Waals surface area contributed by atoms with Crippen molar-refractivity contribution < 1.29 is 19.8 Å². The molecule has 35 heavy (non-hydrogen) atoms. The van der Waals surface area contributed by atoms with Crippen LogP contribution < -0.4 is 0 Å². The third-order valence-electron chi connectivity index (χ3n) is 12.3. The van der Waals surface area contributed by atoms with Gasteiger partial charge in [0.15, 0.2) is 5.78 Å². The van der Waals surface area contributed by atoms with Crippen LogP contribution in [0.2, 0.25) is 0 Å². The van der Waals surface area contributed by atoms with Gasteiger partial charge in [-0.15, -0.1) is 0 Å². The molecule has 2 N–H and O–H groups in total. The maximum atomic E-state index is 14.1. The first-order valence-corrected chi connectivity index (χ1v) is 14.1. The largest absolute Gasteiger partial charge is 0.515 e. The second kappa shape index (κ2) is 8.17. The van der Waals surface area contributed by atoms with Gasteiger partial charge in [-0.2, -0.15) is 0 Å². The lowest BCUT2D eigenvalue weighted by molar-refractivity contribution is -0.205. The second-order valence-corrected chi connectivity index (χ2v) is 15.3. The van der Waals surface area contributed by atoms with Crippen LogP contribution in [0.15, 0.2) is 11.8 Å². The van der Waals surface area contributed by atoms with E-state index in [1.165, 1.54) is 0 Å². The van der Waals surface area contributed by atoms with Crippen molar-refractivity contribution in [1.29, 1.82) is 0 Å². The predicted molar refractivity (Wildman–Crippen MR) is 140 cm³/mol. The number of rotatable bonds is 0. The van der Waals surface area contributed by atoms with Gasteiger partial charge >= 0.3 is 0 Å². The highest BCUT2D eigenvalue weighted by Gasteiger charge is 2.69. The summed E-state index contributed by atoms with van der Waals surface area (Å²) in [6.45, 7) is 17.7. The van der Waals surface area contributed by atoms with Crippen molar-refractivity contribution in [3.8, 4) is 0 Å². The van der Waals surface area contributed by atoms with E-state index in [1.807, 2.05) is 20.8 Å². The van der Waals surface area contributed by atoms with Gasteiger partial charge in [-0.3, -0.25) is 9.59 Å². The minimum absolute atomic E-state index is 0.0168. The van der Waals surface area contributed by atoms with Gasteiger partial charge in [-0.1, -0.05) is 48.5 Å². The van der Waals surface area contributed by atoms with Gasteiger partial charge in [0.05, 0.1) is 11.9 Å². The minimum Gasteiger partial charge on any atom is -0.515 e. The molecule has 0 aromatic rings. The summed E-state index contributed by atoms with van der Waals surface area (Å²) in [5.41, 5.74) is -1.12. The fraction of sp³-hybridized carbons (Fsp3) is 0.871.